The minimum Gasteiger partial charge on any atom is -0.491 e. The first-order valence-corrected chi connectivity index (χ1v) is 8.89. The van der Waals surface area contributed by atoms with E-state index in [2.05, 4.69) is 31.5 Å². The number of carbonyl (C=O) groups is 1. The highest BCUT2D eigenvalue weighted by Gasteiger charge is 2.56. The molecule has 5 nitrogen and oxygen atoms in total. The van der Waals surface area contributed by atoms with E-state index in [-0.39, 0.29) is 23.9 Å². The van der Waals surface area contributed by atoms with Gasteiger partial charge in [-0.3, -0.25) is 5.32 Å². The number of rotatable bonds is 2. The number of hydrogen-bond donors (Lipinski definition) is 2. The second-order valence-electron chi connectivity index (χ2n) is 5.76. The van der Waals surface area contributed by atoms with Crippen LogP contribution in [0.25, 0.3) is 0 Å². The predicted octanol–water partition coefficient (Wildman–Crippen LogP) is 4.45. The van der Waals surface area contributed by atoms with Crippen LogP contribution in [-0.2, 0) is 0 Å². The summed E-state index contributed by atoms with van der Waals surface area (Å²) in [5.74, 6) is 1.45. The van der Waals surface area contributed by atoms with Crippen molar-refractivity contribution in [1.29, 1.82) is 0 Å². The zero-order chi connectivity index (χ0) is 16.8. The molecule has 124 valence electrons. The predicted molar refractivity (Wildman–Crippen MR) is 96.1 cm³/mol. The molecular weight excluding hydrogens is 417 g/mol. The Morgan fingerprint density at radius 2 is 2.04 bits per heavy atom. The molecule has 24 heavy (non-hydrogen) atoms. The van der Waals surface area contributed by atoms with E-state index in [9.17, 15) is 4.79 Å². The van der Waals surface area contributed by atoms with Crippen LogP contribution in [0.1, 0.15) is 11.5 Å². The van der Waals surface area contributed by atoms with Crippen molar-refractivity contribution in [3.8, 4) is 5.75 Å². The van der Waals surface area contributed by atoms with E-state index in [0.717, 1.165) is 10.0 Å². The maximum Gasteiger partial charge on any atom is 0.320 e. The molecule has 4 rings (SSSR count). The lowest BCUT2D eigenvalue weighted by Gasteiger charge is -2.18. The van der Waals surface area contributed by atoms with Crippen molar-refractivity contribution in [1.82, 2.24) is 10.3 Å². The van der Waals surface area contributed by atoms with Crippen LogP contribution in [-0.4, -0.2) is 23.7 Å². The van der Waals surface area contributed by atoms with Crippen molar-refractivity contribution >= 4 is 51.0 Å². The van der Waals surface area contributed by atoms with Crippen LogP contribution in [0.2, 0.25) is 10.0 Å². The van der Waals surface area contributed by atoms with Gasteiger partial charge in [0.1, 0.15) is 11.6 Å². The highest BCUT2D eigenvalue weighted by Crippen LogP contribution is 2.57. The van der Waals surface area contributed by atoms with Crippen LogP contribution < -0.4 is 15.4 Å². The fourth-order valence-electron chi connectivity index (χ4n) is 3.11. The lowest BCUT2D eigenvalue weighted by molar-refractivity contribution is 0.249. The van der Waals surface area contributed by atoms with E-state index in [1.54, 1.807) is 24.4 Å². The first-order chi connectivity index (χ1) is 11.5. The average molecular weight is 429 g/mol. The fraction of sp³-hybridized carbons (Fsp3) is 0.250. The number of aromatic nitrogens is 1. The van der Waals surface area contributed by atoms with Crippen LogP contribution in [0.4, 0.5) is 10.6 Å². The number of nitrogens with one attached hydrogen (secondary N) is 2. The number of carbonyl (C=O) groups excluding carboxylic acids is 1. The normalized spacial score (nSPS) is 23.5. The Bertz CT molecular complexity index is 816. The number of nitrogens with zero attached hydrogens (tertiary/aromatic N) is 1. The van der Waals surface area contributed by atoms with Gasteiger partial charge >= 0.3 is 6.03 Å². The Kier molecular flexibility index (Phi) is 4.06. The maximum atomic E-state index is 12.2. The summed E-state index contributed by atoms with van der Waals surface area (Å²) in [6.07, 6.45) is 1.62. The molecule has 2 aliphatic rings. The van der Waals surface area contributed by atoms with E-state index < -0.39 is 0 Å². The number of halogens is 3. The Hall–Kier alpha value is -1.50. The van der Waals surface area contributed by atoms with Crippen LogP contribution in [0, 0.1) is 5.92 Å². The molecule has 2 amide bonds. The molecule has 0 radical (unpaired) electrons. The van der Waals surface area contributed by atoms with Crippen LogP contribution in [0.3, 0.4) is 0 Å². The first-order valence-electron chi connectivity index (χ1n) is 7.34. The third-order valence-electron chi connectivity index (χ3n) is 4.28. The van der Waals surface area contributed by atoms with Gasteiger partial charge in [0, 0.05) is 39.1 Å². The number of fused-ring (bicyclic) bond motifs is 3. The van der Waals surface area contributed by atoms with Gasteiger partial charge in [0.15, 0.2) is 0 Å². The zero-order valence-corrected chi connectivity index (χ0v) is 15.3. The van der Waals surface area contributed by atoms with Gasteiger partial charge in [-0.05, 0) is 40.2 Å². The van der Waals surface area contributed by atoms with Gasteiger partial charge in [-0.15, -0.1) is 0 Å². The second kappa shape index (κ2) is 6.10. The first kappa shape index (κ1) is 16.0. The maximum absolute atomic E-state index is 12.2. The Morgan fingerprint density at radius 3 is 2.79 bits per heavy atom. The molecule has 1 aromatic carbocycles. The summed E-state index contributed by atoms with van der Waals surface area (Å²) in [4.78, 5) is 16.3. The minimum absolute atomic E-state index is 0.0299. The monoisotopic (exact) mass is 427 g/mol. The van der Waals surface area contributed by atoms with Gasteiger partial charge in [-0.1, -0.05) is 23.2 Å². The largest absolute Gasteiger partial charge is 0.491 e. The number of amides is 2. The number of anilines is 1. The topological polar surface area (TPSA) is 63.2 Å². The fourth-order valence-corrected chi connectivity index (χ4v) is 3.84. The number of hydrogen-bond acceptors (Lipinski definition) is 3. The van der Waals surface area contributed by atoms with Crippen molar-refractivity contribution in [2.24, 2.45) is 5.92 Å². The van der Waals surface area contributed by atoms with Crippen LogP contribution in [0.15, 0.2) is 34.9 Å². The molecule has 2 aromatic rings. The summed E-state index contributed by atoms with van der Waals surface area (Å²) in [7, 11) is 0. The third kappa shape index (κ3) is 2.83. The Balaban J connectivity index is 1.47. The van der Waals surface area contributed by atoms with E-state index in [0.29, 0.717) is 28.2 Å². The van der Waals surface area contributed by atoms with E-state index in [1.165, 1.54) is 0 Å². The van der Waals surface area contributed by atoms with Gasteiger partial charge in [-0.2, -0.15) is 0 Å². The molecule has 0 unspecified atom stereocenters. The smallest absolute Gasteiger partial charge is 0.320 e. The minimum atomic E-state index is -0.302. The average Bonchev–Trinajstić information content (AvgIpc) is 3.26. The Morgan fingerprint density at radius 1 is 1.25 bits per heavy atom. The van der Waals surface area contributed by atoms with Crippen molar-refractivity contribution in [3.05, 3.63) is 50.5 Å². The Labute approximate surface area is 156 Å². The van der Waals surface area contributed by atoms with Crippen molar-refractivity contribution < 1.29 is 9.53 Å². The summed E-state index contributed by atoms with van der Waals surface area (Å²) in [6.45, 7) is 0.513. The molecule has 1 aromatic heterocycles. The lowest BCUT2D eigenvalue weighted by atomic mass is 10.1. The summed E-state index contributed by atoms with van der Waals surface area (Å²) in [5, 5.41) is 6.84. The van der Waals surface area contributed by atoms with E-state index in [4.69, 9.17) is 27.9 Å². The highest BCUT2D eigenvalue weighted by atomic mass is 79.9. The van der Waals surface area contributed by atoms with Gasteiger partial charge in [0.25, 0.3) is 0 Å². The van der Waals surface area contributed by atoms with Crippen molar-refractivity contribution in [3.63, 3.8) is 0 Å². The number of benzene rings is 1. The number of pyridine rings is 1. The van der Waals surface area contributed by atoms with Crippen molar-refractivity contribution in [2.75, 3.05) is 11.9 Å². The van der Waals surface area contributed by atoms with Gasteiger partial charge in [0.05, 0.1) is 11.6 Å². The molecule has 1 aliphatic heterocycles. The molecule has 3 atom stereocenters. The lowest BCUT2D eigenvalue weighted by Crippen LogP contribution is -2.32. The molecule has 1 aliphatic carbocycles. The number of ether oxygens (including phenoxy) is 1. The molecule has 0 spiro atoms. The second-order valence-corrected chi connectivity index (χ2v) is 7.49. The SMILES string of the molecule is O=C(Nc1ccc(Br)cn1)N[C@@H]1[C@@H]2COc3c(Cl)ccc(Cl)c3[C@@H]21. The summed E-state index contributed by atoms with van der Waals surface area (Å²) in [5.41, 5.74) is 0.882. The molecule has 1 fully saturated rings. The van der Waals surface area contributed by atoms with Crippen LogP contribution in [0.5, 0.6) is 5.75 Å². The summed E-state index contributed by atoms with van der Waals surface area (Å²) in [6, 6.07) is 6.68. The van der Waals surface area contributed by atoms with Gasteiger partial charge < -0.3 is 10.1 Å². The van der Waals surface area contributed by atoms with Gasteiger partial charge in [0.2, 0.25) is 0 Å². The summed E-state index contributed by atoms with van der Waals surface area (Å²) >= 11 is 15.8. The van der Waals surface area contributed by atoms with Gasteiger partial charge in [-0.25, -0.2) is 9.78 Å². The highest BCUT2D eigenvalue weighted by molar-refractivity contribution is 9.10. The third-order valence-corrected chi connectivity index (χ3v) is 5.38. The number of urea groups is 1. The molecule has 8 heteroatoms. The van der Waals surface area contributed by atoms with Crippen molar-refractivity contribution in [2.45, 2.75) is 12.0 Å². The quantitative estimate of drug-likeness (QED) is 0.742. The molecule has 2 N–H and O–H groups in total. The summed E-state index contributed by atoms with van der Waals surface area (Å²) < 4.78 is 6.58. The molecule has 2 heterocycles. The molecular formula is C16H12BrCl2N3O2. The van der Waals surface area contributed by atoms with E-state index in [1.807, 2.05) is 6.07 Å². The zero-order valence-electron chi connectivity index (χ0n) is 12.2. The molecule has 0 saturated heterocycles. The molecule has 1 saturated carbocycles. The van der Waals surface area contributed by atoms with Crippen LogP contribution >= 0.6 is 39.1 Å². The van der Waals surface area contributed by atoms with E-state index >= 15 is 0 Å². The standard InChI is InChI=1S/C16H12BrCl2N3O2/c17-7-1-4-11(20-5-7)21-16(23)22-14-8-6-24-15-10(19)3-2-9(18)13(15)12(8)14/h1-5,8,12,14H,6H2,(H2,20,21,22,23)/t8-,12-,14-/m1/s1. The molecule has 0 bridgehead atoms.